The second kappa shape index (κ2) is 6.77. The number of nitrogens with one attached hydrogen (secondary N) is 1. The van der Waals surface area contributed by atoms with Crippen LogP contribution in [0.15, 0.2) is 30.3 Å². The summed E-state index contributed by atoms with van der Waals surface area (Å²) in [6, 6.07) is 10.2. The molecule has 1 aromatic carbocycles. The monoisotopic (exact) mass is 255 g/mol. The molecule has 1 rings (SSSR count). The highest BCUT2D eigenvalue weighted by Crippen LogP contribution is 2.00. The van der Waals surface area contributed by atoms with Crippen LogP contribution in [-0.2, 0) is 16.3 Å². The Bertz CT molecular complexity index is 412. The summed E-state index contributed by atoms with van der Waals surface area (Å²) < 4.78 is 23.0. The highest BCUT2D eigenvalue weighted by molar-refractivity contribution is 7.92. The quantitative estimate of drug-likeness (QED) is 0.753. The van der Waals surface area contributed by atoms with E-state index >= 15 is 0 Å². The molecule has 1 N–H and O–H groups in total. The summed E-state index contributed by atoms with van der Waals surface area (Å²) in [6.07, 6.45) is 0.933. The van der Waals surface area contributed by atoms with Crippen LogP contribution in [0.25, 0.3) is 0 Å². The molecule has 0 radical (unpaired) electrons. The third-order valence-corrected chi connectivity index (χ3v) is 4.92. The molecule has 0 heterocycles. The summed E-state index contributed by atoms with van der Waals surface area (Å²) in [4.78, 5) is 0. The molecule has 0 bridgehead atoms. The van der Waals surface area contributed by atoms with Gasteiger partial charge in [0, 0.05) is 6.54 Å². The van der Waals surface area contributed by atoms with E-state index in [0.29, 0.717) is 6.54 Å². The number of hydrogen-bond donors (Lipinski definition) is 1. The summed E-state index contributed by atoms with van der Waals surface area (Å²) in [5.74, 6) is 0.222. The highest BCUT2D eigenvalue weighted by Gasteiger charge is 2.14. The van der Waals surface area contributed by atoms with Crippen molar-refractivity contribution in [3.8, 4) is 0 Å². The lowest BCUT2D eigenvalue weighted by molar-refractivity contribution is 0.582. The molecule has 0 atom stereocenters. The Kier molecular flexibility index (Phi) is 5.65. The highest BCUT2D eigenvalue weighted by atomic mass is 32.2. The fourth-order valence-corrected chi connectivity index (χ4v) is 2.35. The van der Waals surface area contributed by atoms with Gasteiger partial charge in [-0.1, -0.05) is 30.3 Å². The smallest absolute Gasteiger partial charge is 0.153 e. The van der Waals surface area contributed by atoms with Gasteiger partial charge in [-0.05, 0) is 32.4 Å². The Hall–Kier alpha value is -0.870. The fourth-order valence-electron chi connectivity index (χ4n) is 1.45. The molecule has 0 aliphatic carbocycles. The predicted octanol–water partition coefficient (Wildman–Crippen LogP) is 1.64. The van der Waals surface area contributed by atoms with Gasteiger partial charge in [0.15, 0.2) is 9.84 Å². The van der Waals surface area contributed by atoms with Crippen molar-refractivity contribution < 1.29 is 8.42 Å². The number of sulfone groups is 1. The second-order valence-electron chi connectivity index (χ2n) is 4.40. The average molecular weight is 255 g/mol. The van der Waals surface area contributed by atoms with E-state index < -0.39 is 9.84 Å². The zero-order valence-electron chi connectivity index (χ0n) is 10.5. The van der Waals surface area contributed by atoms with Crippen LogP contribution in [0.2, 0.25) is 0 Å². The molecule has 3 nitrogen and oxygen atoms in total. The van der Waals surface area contributed by atoms with Gasteiger partial charge >= 0.3 is 0 Å². The Morgan fingerprint density at radius 3 is 2.35 bits per heavy atom. The van der Waals surface area contributed by atoms with E-state index in [1.165, 1.54) is 5.56 Å². The van der Waals surface area contributed by atoms with E-state index in [4.69, 9.17) is 0 Å². The predicted molar refractivity (Wildman–Crippen MR) is 71.9 cm³/mol. The van der Waals surface area contributed by atoms with Crippen LogP contribution in [-0.4, -0.2) is 32.5 Å². The standard InChI is InChI=1S/C13H21NO2S/c1-12(2)17(15,16)11-10-14-9-8-13-6-4-3-5-7-13/h3-7,12,14H,8-11H2,1-2H3. The number of hydrogen-bond acceptors (Lipinski definition) is 3. The molecule has 96 valence electrons. The van der Waals surface area contributed by atoms with Crippen LogP contribution in [0.3, 0.4) is 0 Å². The maximum absolute atomic E-state index is 11.5. The number of rotatable bonds is 7. The van der Waals surface area contributed by atoms with Crippen LogP contribution in [0.1, 0.15) is 19.4 Å². The van der Waals surface area contributed by atoms with E-state index in [0.717, 1.165) is 13.0 Å². The molecule has 0 fully saturated rings. The van der Waals surface area contributed by atoms with Crippen LogP contribution >= 0.6 is 0 Å². The van der Waals surface area contributed by atoms with E-state index in [9.17, 15) is 8.42 Å². The first-order valence-electron chi connectivity index (χ1n) is 5.98. The zero-order valence-corrected chi connectivity index (χ0v) is 11.3. The molecule has 1 aromatic rings. The lowest BCUT2D eigenvalue weighted by Gasteiger charge is -2.08. The zero-order chi connectivity index (χ0) is 12.7. The molecule has 0 aliphatic heterocycles. The molecular weight excluding hydrogens is 234 g/mol. The summed E-state index contributed by atoms with van der Waals surface area (Å²) in [7, 11) is -2.91. The van der Waals surface area contributed by atoms with Gasteiger partial charge in [-0.3, -0.25) is 0 Å². The van der Waals surface area contributed by atoms with E-state index in [-0.39, 0.29) is 11.0 Å². The van der Waals surface area contributed by atoms with Gasteiger partial charge in [0.1, 0.15) is 0 Å². The first kappa shape index (κ1) is 14.2. The fraction of sp³-hybridized carbons (Fsp3) is 0.538. The van der Waals surface area contributed by atoms with Gasteiger partial charge in [0.2, 0.25) is 0 Å². The Balaban J connectivity index is 2.18. The van der Waals surface area contributed by atoms with Crippen molar-refractivity contribution in [1.82, 2.24) is 5.32 Å². The van der Waals surface area contributed by atoms with Crippen molar-refractivity contribution in [1.29, 1.82) is 0 Å². The van der Waals surface area contributed by atoms with E-state index in [2.05, 4.69) is 17.4 Å². The van der Waals surface area contributed by atoms with Crippen molar-refractivity contribution in [3.63, 3.8) is 0 Å². The average Bonchev–Trinajstić information content (AvgIpc) is 2.29. The van der Waals surface area contributed by atoms with Gasteiger partial charge < -0.3 is 5.32 Å². The minimum absolute atomic E-state index is 0.222. The molecule has 0 aromatic heterocycles. The third kappa shape index (κ3) is 5.33. The lowest BCUT2D eigenvalue weighted by atomic mass is 10.1. The third-order valence-electron chi connectivity index (χ3n) is 2.71. The van der Waals surface area contributed by atoms with Gasteiger partial charge in [-0.25, -0.2) is 8.42 Å². The first-order chi connectivity index (χ1) is 8.02. The Morgan fingerprint density at radius 1 is 1.12 bits per heavy atom. The maximum Gasteiger partial charge on any atom is 0.153 e. The van der Waals surface area contributed by atoms with Crippen LogP contribution in [0.4, 0.5) is 0 Å². The van der Waals surface area contributed by atoms with Crippen molar-refractivity contribution in [2.75, 3.05) is 18.8 Å². The van der Waals surface area contributed by atoms with E-state index in [1.807, 2.05) is 18.2 Å². The molecular formula is C13H21NO2S. The largest absolute Gasteiger partial charge is 0.315 e. The van der Waals surface area contributed by atoms with Crippen LogP contribution < -0.4 is 5.32 Å². The Labute approximate surface area is 104 Å². The van der Waals surface area contributed by atoms with Crippen molar-refractivity contribution in [3.05, 3.63) is 35.9 Å². The molecule has 4 heteroatoms. The SMILES string of the molecule is CC(C)S(=O)(=O)CCNCCc1ccccc1. The summed E-state index contributed by atoms with van der Waals surface area (Å²) in [6.45, 7) is 4.80. The Morgan fingerprint density at radius 2 is 1.76 bits per heavy atom. The van der Waals surface area contributed by atoms with Crippen molar-refractivity contribution in [2.45, 2.75) is 25.5 Å². The van der Waals surface area contributed by atoms with Crippen LogP contribution in [0.5, 0.6) is 0 Å². The molecule has 0 unspecified atom stereocenters. The molecule has 0 amide bonds. The van der Waals surface area contributed by atoms with Gasteiger partial charge in [0.25, 0.3) is 0 Å². The van der Waals surface area contributed by atoms with Gasteiger partial charge in [-0.15, -0.1) is 0 Å². The summed E-state index contributed by atoms with van der Waals surface area (Å²) >= 11 is 0. The lowest BCUT2D eigenvalue weighted by Crippen LogP contribution is -2.28. The van der Waals surface area contributed by atoms with Crippen molar-refractivity contribution in [2.24, 2.45) is 0 Å². The molecule has 0 spiro atoms. The summed E-state index contributed by atoms with van der Waals surface area (Å²) in [5, 5.41) is 2.89. The normalized spacial score (nSPS) is 11.9. The first-order valence-corrected chi connectivity index (χ1v) is 7.70. The second-order valence-corrected chi connectivity index (χ2v) is 7.08. The van der Waals surface area contributed by atoms with Gasteiger partial charge in [0.05, 0.1) is 11.0 Å². The molecule has 0 saturated heterocycles. The maximum atomic E-state index is 11.5. The minimum Gasteiger partial charge on any atom is -0.315 e. The number of benzene rings is 1. The minimum atomic E-state index is -2.91. The molecule has 17 heavy (non-hydrogen) atoms. The molecule has 0 aliphatic rings. The van der Waals surface area contributed by atoms with Gasteiger partial charge in [-0.2, -0.15) is 0 Å². The summed E-state index contributed by atoms with van der Waals surface area (Å²) in [5.41, 5.74) is 1.27. The van der Waals surface area contributed by atoms with Crippen LogP contribution in [0, 0.1) is 0 Å². The van der Waals surface area contributed by atoms with Crippen molar-refractivity contribution >= 4 is 9.84 Å². The van der Waals surface area contributed by atoms with E-state index in [1.54, 1.807) is 13.8 Å². The molecule has 0 saturated carbocycles. The topological polar surface area (TPSA) is 46.2 Å².